The van der Waals surface area contributed by atoms with Crippen molar-refractivity contribution in [1.82, 2.24) is 15.6 Å². The number of halogens is 1. The maximum Gasteiger partial charge on any atom is 0.315 e. The molecular weight excluding hydrogens is 323 g/mol. The first-order valence-electron chi connectivity index (χ1n) is 8.14. The van der Waals surface area contributed by atoms with Crippen LogP contribution in [0.4, 0.5) is 14.9 Å². The van der Waals surface area contributed by atoms with Gasteiger partial charge in [-0.2, -0.15) is 0 Å². The molecule has 1 saturated heterocycles. The molecule has 2 N–H and O–H groups in total. The molecule has 1 aliphatic rings. The second kappa shape index (κ2) is 7.74. The highest BCUT2D eigenvalue weighted by Gasteiger charge is 2.30. The minimum Gasteiger partial charge on any atom is -0.334 e. The Morgan fingerprint density at radius 3 is 2.96 bits per heavy atom. The minimum absolute atomic E-state index is 0.228. The Kier molecular flexibility index (Phi) is 5.23. The third-order valence-corrected chi connectivity index (χ3v) is 4.04. The van der Waals surface area contributed by atoms with Crippen molar-refractivity contribution >= 4 is 17.6 Å². The predicted octanol–water partition coefficient (Wildman–Crippen LogP) is 2.22. The average Bonchev–Trinajstić information content (AvgIpc) is 2.63. The number of nitrogens with one attached hydrogen (secondary N) is 2. The summed E-state index contributed by atoms with van der Waals surface area (Å²) < 4.78 is 13.4. The van der Waals surface area contributed by atoms with E-state index in [-0.39, 0.29) is 5.91 Å². The van der Waals surface area contributed by atoms with Crippen LogP contribution in [0.2, 0.25) is 0 Å². The number of nitrogens with zero attached hydrogens (tertiary/aromatic N) is 2. The van der Waals surface area contributed by atoms with Crippen molar-refractivity contribution in [3.8, 4) is 0 Å². The number of hydrogen-bond donors (Lipinski definition) is 2. The minimum atomic E-state index is -0.620. The first kappa shape index (κ1) is 16.9. The number of carbonyl (C=O) groups excluding carboxylic acids is 2. The molecule has 0 aliphatic carbocycles. The number of rotatable bonds is 4. The zero-order chi connectivity index (χ0) is 17.6. The van der Waals surface area contributed by atoms with Crippen molar-refractivity contribution in [3.63, 3.8) is 0 Å². The molecule has 1 aromatic carbocycles. The van der Waals surface area contributed by atoms with Crippen LogP contribution in [0.3, 0.4) is 0 Å². The van der Waals surface area contributed by atoms with E-state index in [0.717, 1.165) is 12.0 Å². The van der Waals surface area contributed by atoms with E-state index in [2.05, 4.69) is 15.6 Å². The molecule has 1 aliphatic heterocycles. The summed E-state index contributed by atoms with van der Waals surface area (Å²) in [5.74, 6) is -0.622. The van der Waals surface area contributed by atoms with E-state index in [1.54, 1.807) is 30.6 Å². The van der Waals surface area contributed by atoms with Gasteiger partial charge in [-0.3, -0.25) is 9.78 Å². The van der Waals surface area contributed by atoms with E-state index in [1.807, 2.05) is 6.07 Å². The standard InChI is InChI=1S/C18H19FN4O2/c19-14-5-1-6-15(10-14)23-9-3-7-16(17(23)24)22-18(25)21-12-13-4-2-8-20-11-13/h1-2,4-6,8,10-11,16H,3,7,9,12H2,(H2,21,22,25)/t16-/m1/s1. The quantitative estimate of drug-likeness (QED) is 0.895. The van der Waals surface area contributed by atoms with Gasteiger partial charge in [0.15, 0.2) is 0 Å². The number of hydrogen-bond acceptors (Lipinski definition) is 3. The molecule has 6 nitrogen and oxygen atoms in total. The molecule has 0 bridgehead atoms. The third-order valence-electron chi connectivity index (χ3n) is 4.04. The van der Waals surface area contributed by atoms with Crippen LogP contribution in [-0.2, 0) is 11.3 Å². The SMILES string of the molecule is O=C(NCc1cccnc1)N[C@@H]1CCCN(c2cccc(F)c2)C1=O. The zero-order valence-corrected chi connectivity index (χ0v) is 13.6. The number of piperidine rings is 1. The number of benzene rings is 1. The number of pyridine rings is 1. The maximum absolute atomic E-state index is 13.4. The smallest absolute Gasteiger partial charge is 0.315 e. The number of carbonyl (C=O) groups is 2. The van der Waals surface area contributed by atoms with Crippen LogP contribution in [-0.4, -0.2) is 29.5 Å². The molecule has 2 aromatic rings. The Morgan fingerprint density at radius 1 is 1.32 bits per heavy atom. The first-order valence-corrected chi connectivity index (χ1v) is 8.14. The molecule has 1 aromatic heterocycles. The van der Waals surface area contributed by atoms with Crippen LogP contribution in [0.5, 0.6) is 0 Å². The molecule has 1 fully saturated rings. The van der Waals surface area contributed by atoms with Crippen molar-refractivity contribution in [3.05, 3.63) is 60.2 Å². The monoisotopic (exact) mass is 342 g/mol. The fraction of sp³-hybridized carbons (Fsp3) is 0.278. The van der Waals surface area contributed by atoms with Crippen molar-refractivity contribution in [2.45, 2.75) is 25.4 Å². The summed E-state index contributed by atoms with van der Waals surface area (Å²) in [6.07, 6.45) is 4.61. The predicted molar refractivity (Wildman–Crippen MR) is 91.4 cm³/mol. The summed E-state index contributed by atoms with van der Waals surface area (Å²) in [4.78, 5) is 30.1. The van der Waals surface area contributed by atoms with Crippen LogP contribution in [0.25, 0.3) is 0 Å². The van der Waals surface area contributed by atoms with E-state index < -0.39 is 17.9 Å². The lowest BCUT2D eigenvalue weighted by Gasteiger charge is -2.32. The van der Waals surface area contributed by atoms with Gasteiger partial charge >= 0.3 is 6.03 Å². The van der Waals surface area contributed by atoms with Gasteiger partial charge in [0.05, 0.1) is 0 Å². The van der Waals surface area contributed by atoms with E-state index in [4.69, 9.17) is 0 Å². The average molecular weight is 342 g/mol. The van der Waals surface area contributed by atoms with Crippen molar-refractivity contribution in [2.24, 2.45) is 0 Å². The Bertz CT molecular complexity index is 754. The summed E-state index contributed by atoms with van der Waals surface area (Å²) in [6.45, 7) is 0.839. The summed E-state index contributed by atoms with van der Waals surface area (Å²) in [5, 5.41) is 5.41. The molecule has 25 heavy (non-hydrogen) atoms. The van der Waals surface area contributed by atoms with Gasteiger partial charge in [0.1, 0.15) is 11.9 Å². The normalized spacial score (nSPS) is 17.2. The highest BCUT2D eigenvalue weighted by Crippen LogP contribution is 2.21. The molecule has 0 unspecified atom stereocenters. The third kappa shape index (κ3) is 4.32. The van der Waals surface area contributed by atoms with Crippen LogP contribution in [0, 0.1) is 5.82 Å². The van der Waals surface area contributed by atoms with E-state index >= 15 is 0 Å². The van der Waals surface area contributed by atoms with Gasteiger partial charge < -0.3 is 15.5 Å². The Hall–Kier alpha value is -2.96. The largest absolute Gasteiger partial charge is 0.334 e. The lowest BCUT2D eigenvalue weighted by molar-refractivity contribution is -0.121. The molecule has 3 amide bonds. The van der Waals surface area contributed by atoms with Gasteiger partial charge in [-0.05, 0) is 42.7 Å². The Morgan fingerprint density at radius 2 is 2.20 bits per heavy atom. The molecule has 2 heterocycles. The molecule has 7 heteroatoms. The number of aromatic nitrogens is 1. The number of amides is 3. The lowest BCUT2D eigenvalue weighted by Crippen LogP contribution is -2.54. The van der Waals surface area contributed by atoms with Gasteiger partial charge in [0, 0.05) is 31.2 Å². The van der Waals surface area contributed by atoms with Gasteiger partial charge in [0.2, 0.25) is 5.91 Å². The number of urea groups is 1. The fourth-order valence-corrected chi connectivity index (χ4v) is 2.80. The van der Waals surface area contributed by atoms with Gasteiger partial charge in [-0.25, -0.2) is 9.18 Å². The fourth-order valence-electron chi connectivity index (χ4n) is 2.80. The molecule has 0 saturated carbocycles. The summed E-state index contributed by atoms with van der Waals surface area (Å²) >= 11 is 0. The van der Waals surface area contributed by atoms with Crippen molar-refractivity contribution < 1.29 is 14.0 Å². The van der Waals surface area contributed by atoms with Crippen LogP contribution < -0.4 is 15.5 Å². The molecule has 0 spiro atoms. The molecule has 3 rings (SSSR count). The van der Waals surface area contributed by atoms with Crippen LogP contribution in [0.15, 0.2) is 48.8 Å². The second-order valence-electron chi connectivity index (χ2n) is 5.85. The van der Waals surface area contributed by atoms with Crippen molar-refractivity contribution in [2.75, 3.05) is 11.4 Å². The van der Waals surface area contributed by atoms with E-state index in [0.29, 0.717) is 25.2 Å². The van der Waals surface area contributed by atoms with E-state index in [1.165, 1.54) is 17.0 Å². The van der Waals surface area contributed by atoms with Crippen LogP contribution >= 0.6 is 0 Å². The van der Waals surface area contributed by atoms with Crippen LogP contribution in [0.1, 0.15) is 18.4 Å². The van der Waals surface area contributed by atoms with Gasteiger partial charge in [-0.1, -0.05) is 12.1 Å². The highest BCUT2D eigenvalue weighted by molar-refractivity contribution is 5.99. The van der Waals surface area contributed by atoms with E-state index in [9.17, 15) is 14.0 Å². The molecule has 130 valence electrons. The molecule has 1 atom stereocenters. The summed E-state index contributed by atoms with van der Waals surface area (Å²) in [5.41, 5.74) is 1.38. The first-order chi connectivity index (χ1) is 12.1. The Balaban J connectivity index is 1.58. The summed E-state index contributed by atoms with van der Waals surface area (Å²) in [6, 6.07) is 8.51. The van der Waals surface area contributed by atoms with Gasteiger partial charge in [0.25, 0.3) is 0 Å². The molecule has 0 radical (unpaired) electrons. The zero-order valence-electron chi connectivity index (χ0n) is 13.6. The topological polar surface area (TPSA) is 74.3 Å². The van der Waals surface area contributed by atoms with Gasteiger partial charge in [-0.15, -0.1) is 0 Å². The Labute approximate surface area is 145 Å². The molecular formula is C18H19FN4O2. The highest BCUT2D eigenvalue weighted by atomic mass is 19.1. The maximum atomic E-state index is 13.4. The summed E-state index contributed by atoms with van der Waals surface area (Å²) in [7, 11) is 0. The second-order valence-corrected chi connectivity index (χ2v) is 5.85. The van der Waals surface area contributed by atoms with Crippen molar-refractivity contribution in [1.29, 1.82) is 0 Å². The lowest BCUT2D eigenvalue weighted by atomic mass is 10.0. The number of anilines is 1.